The van der Waals surface area contributed by atoms with Gasteiger partial charge in [-0.25, -0.2) is 0 Å². The number of halogens is 2. The van der Waals surface area contributed by atoms with Crippen molar-refractivity contribution in [2.45, 2.75) is 19.6 Å². The average Bonchev–Trinajstić information content (AvgIpc) is 2.49. The Morgan fingerprint density at radius 3 is 2.62 bits per heavy atom. The maximum atomic E-state index is 6.08. The van der Waals surface area contributed by atoms with Gasteiger partial charge in [-0.05, 0) is 41.9 Å². The van der Waals surface area contributed by atoms with E-state index in [0.717, 1.165) is 28.1 Å². The van der Waals surface area contributed by atoms with Gasteiger partial charge in [-0.3, -0.25) is 0 Å². The Labute approximate surface area is 139 Å². The summed E-state index contributed by atoms with van der Waals surface area (Å²) < 4.78 is 7.15. The molecule has 1 atom stereocenters. The van der Waals surface area contributed by atoms with Gasteiger partial charge >= 0.3 is 0 Å². The zero-order valence-electron chi connectivity index (χ0n) is 12.0. The summed E-state index contributed by atoms with van der Waals surface area (Å²) in [5, 5.41) is 4.10. The minimum atomic E-state index is 0.0260. The van der Waals surface area contributed by atoms with Crippen molar-refractivity contribution in [1.82, 2.24) is 5.32 Å². The van der Waals surface area contributed by atoms with Crippen molar-refractivity contribution >= 4 is 27.5 Å². The van der Waals surface area contributed by atoms with Crippen LogP contribution in [-0.2, 0) is 11.3 Å². The molecule has 1 N–H and O–H groups in total. The van der Waals surface area contributed by atoms with Crippen molar-refractivity contribution in [3.8, 4) is 0 Å². The molecule has 4 heteroatoms. The van der Waals surface area contributed by atoms with Crippen molar-refractivity contribution in [2.75, 3.05) is 13.1 Å². The average molecular weight is 369 g/mol. The molecule has 0 aliphatic carbocycles. The highest BCUT2D eigenvalue weighted by atomic mass is 79.9. The lowest BCUT2D eigenvalue weighted by molar-refractivity contribution is 0.0401. The molecule has 0 spiro atoms. The van der Waals surface area contributed by atoms with E-state index in [9.17, 15) is 0 Å². The minimum Gasteiger partial charge on any atom is -0.368 e. The van der Waals surface area contributed by atoms with E-state index >= 15 is 0 Å². The van der Waals surface area contributed by atoms with E-state index in [-0.39, 0.29) is 6.10 Å². The second kappa shape index (κ2) is 8.54. The lowest BCUT2D eigenvalue weighted by Gasteiger charge is -2.19. The van der Waals surface area contributed by atoms with Crippen molar-refractivity contribution < 1.29 is 4.74 Å². The number of rotatable bonds is 7. The second-order valence-electron chi connectivity index (χ2n) is 4.79. The smallest absolute Gasteiger partial charge is 0.0954 e. The Hall–Kier alpha value is -0.870. The molecular formula is C17H19BrClNO. The Morgan fingerprint density at radius 2 is 1.95 bits per heavy atom. The van der Waals surface area contributed by atoms with Crippen LogP contribution in [0.5, 0.6) is 0 Å². The van der Waals surface area contributed by atoms with Crippen LogP contribution >= 0.6 is 27.5 Å². The molecule has 0 amide bonds. The van der Waals surface area contributed by atoms with Crippen LogP contribution in [0.1, 0.15) is 24.2 Å². The summed E-state index contributed by atoms with van der Waals surface area (Å²) in [4.78, 5) is 0. The minimum absolute atomic E-state index is 0.0260. The van der Waals surface area contributed by atoms with E-state index < -0.39 is 0 Å². The van der Waals surface area contributed by atoms with Crippen molar-refractivity contribution in [2.24, 2.45) is 0 Å². The molecule has 0 aromatic heterocycles. The summed E-state index contributed by atoms with van der Waals surface area (Å²) in [5.41, 5.74) is 2.29. The van der Waals surface area contributed by atoms with Crippen LogP contribution in [0.2, 0.25) is 5.02 Å². The third-order valence-corrected chi connectivity index (χ3v) is 3.91. The first-order chi connectivity index (χ1) is 10.2. The fourth-order valence-corrected chi connectivity index (χ4v) is 2.58. The van der Waals surface area contributed by atoms with Gasteiger partial charge in [0.15, 0.2) is 0 Å². The molecule has 2 rings (SSSR count). The molecule has 0 aliphatic heterocycles. The van der Waals surface area contributed by atoms with Crippen molar-refractivity contribution in [3.63, 3.8) is 0 Å². The summed E-state index contributed by atoms with van der Waals surface area (Å²) in [6, 6.07) is 16.0. The fourth-order valence-electron chi connectivity index (χ4n) is 2.03. The second-order valence-corrected chi connectivity index (χ2v) is 6.14. The maximum absolute atomic E-state index is 6.08. The van der Waals surface area contributed by atoms with Crippen LogP contribution < -0.4 is 5.32 Å². The van der Waals surface area contributed by atoms with Gasteiger partial charge in [0, 0.05) is 16.0 Å². The van der Waals surface area contributed by atoms with Gasteiger partial charge in [-0.15, -0.1) is 0 Å². The Morgan fingerprint density at radius 1 is 1.19 bits per heavy atom. The lowest BCUT2D eigenvalue weighted by Crippen LogP contribution is -2.23. The van der Waals surface area contributed by atoms with E-state index in [1.54, 1.807) is 0 Å². The topological polar surface area (TPSA) is 21.3 Å². The highest BCUT2D eigenvalue weighted by Crippen LogP contribution is 2.22. The third-order valence-electron chi connectivity index (χ3n) is 3.16. The summed E-state index contributed by atoms with van der Waals surface area (Å²) in [6.07, 6.45) is 0.0260. The lowest BCUT2D eigenvalue weighted by atomic mass is 10.1. The summed E-state index contributed by atoms with van der Waals surface area (Å²) in [5.74, 6) is 0. The van der Waals surface area contributed by atoms with E-state index in [1.807, 2.05) is 36.4 Å². The van der Waals surface area contributed by atoms with Crippen LogP contribution in [0, 0.1) is 0 Å². The number of nitrogens with one attached hydrogen (secondary N) is 1. The molecule has 0 bridgehead atoms. The number of hydrogen-bond donors (Lipinski definition) is 1. The molecule has 0 radical (unpaired) electrons. The standard InChI is InChI=1S/C17H19BrClNO/c1-2-20-11-17(14-4-3-5-15(18)10-14)21-12-13-6-8-16(19)9-7-13/h3-10,17,20H,2,11-12H2,1H3. The first-order valence-electron chi connectivity index (χ1n) is 7.01. The zero-order valence-corrected chi connectivity index (χ0v) is 14.3. The van der Waals surface area contributed by atoms with Gasteiger partial charge in [0.25, 0.3) is 0 Å². The predicted octanol–water partition coefficient (Wildman–Crippen LogP) is 4.97. The van der Waals surface area contributed by atoms with Crippen LogP contribution in [0.25, 0.3) is 0 Å². The molecule has 112 valence electrons. The quantitative estimate of drug-likeness (QED) is 0.745. The highest BCUT2D eigenvalue weighted by molar-refractivity contribution is 9.10. The summed E-state index contributed by atoms with van der Waals surface area (Å²) in [6.45, 7) is 4.38. The SMILES string of the molecule is CCNCC(OCc1ccc(Cl)cc1)c1cccc(Br)c1. The molecule has 0 heterocycles. The van der Waals surface area contributed by atoms with Gasteiger partial charge in [-0.2, -0.15) is 0 Å². The molecule has 0 fully saturated rings. The largest absolute Gasteiger partial charge is 0.368 e. The van der Waals surface area contributed by atoms with Gasteiger partial charge in [0.2, 0.25) is 0 Å². The van der Waals surface area contributed by atoms with Crippen molar-refractivity contribution in [3.05, 3.63) is 69.2 Å². The number of benzene rings is 2. The highest BCUT2D eigenvalue weighted by Gasteiger charge is 2.12. The van der Waals surface area contributed by atoms with E-state index in [0.29, 0.717) is 6.61 Å². The van der Waals surface area contributed by atoms with Gasteiger partial charge in [0.1, 0.15) is 0 Å². The number of ether oxygens (including phenoxy) is 1. The van der Waals surface area contributed by atoms with Gasteiger partial charge in [0.05, 0.1) is 12.7 Å². The predicted molar refractivity (Wildman–Crippen MR) is 91.7 cm³/mol. The number of hydrogen-bond acceptors (Lipinski definition) is 2. The van der Waals surface area contributed by atoms with Crippen molar-refractivity contribution in [1.29, 1.82) is 0 Å². The van der Waals surface area contributed by atoms with Gasteiger partial charge in [-0.1, -0.05) is 58.7 Å². The third kappa shape index (κ3) is 5.44. The first kappa shape index (κ1) is 16.5. The van der Waals surface area contributed by atoms with Crippen LogP contribution in [0.15, 0.2) is 53.0 Å². The molecular weight excluding hydrogens is 350 g/mol. The van der Waals surface area contributed by atoms with Crippen LogP contribution in [-0.4, -0.2) is 13.1 Å². The molecule has 0 saturated carbocycles. The summed E-state index contributed by atoms with van der Waals surface area (Å²) in [7, 11) is 0. The first-order valence-corrected chi connectivity index (χ1v) is 8.18. The van der Waals surface area contributed by atoms with Crippen LogP contribution in [0.3, 0.4) is 0 Å². The fraction of sp³-hybridized carbons (Fsp3) is 0.294. The number of likely N-dealkylation sites (N-methyl/N-ethyl adjacent to an activating group) is 1. The Bertz CT molecular complexity index is 559. The monoisotopic (exact) mass is 367 g/mol. The maximum Gasteiger partial charge on any atom is 0.0954 e. The van der Waals surface area contributed by atoms with Gasteiger partial charge < -0.3 is 10.1 Å². The molecule has 2 nitrogen and oxygen atoms in total. The zero-order chi connectivity index (χ0) is 15.1. The normalized spacial score (nSPS) is 12.3. The molecule has 0 aliphatic rings. The molecule has 21 heavy (non-hydrogen) atoms. The Kier molecular flexibility index (Phi) is 6.71. The molecule has 0 saturated heterocycles. The Balaban J connectivity index is 2.04. The van der Waals surface area contributed by atoms with E-state index in [4.69, 9.17) is 16.3 Å². The summed E-state index contributed by atoms with van der Waals surface area (Å²) >= 11 is 9.41. The van der Waals surface area contributed by atoms with E-state index in [1.165, 1.54) is 5.56 Å². The molecule has 2 aromatic rings. The van der Waals surface area contributed by atoms with E-state index in [2.05, 4.69) is 40.3 Å². The van der Waals surface area contributed by atoms with Crippen LogP contribution in [0.4, 0.5) is 0 Å². The molecule has 2 aromatic carbocycles. The molecule has 1 unspecified atom stereocenters.